The molecular weight excluding hydrogens is 190 g/mol. The molecule has 1 aliphatic heterocycles. The van der Waals surface area contributed by atoms with Crippen molar-refractivity contribution in [3.63, 3.8) is 0 Å². The van der Waals surface area contributed by atoms with Crippen molar-refractivity contribution in [2.45, 2.75) is 37.6 Å². The number of carboxylic acids is 1. The van der Waals surface area contributed by atoms with Gasteiger partial charge in [0, 0.05) is 12.6 Å². The molecule has 4 heteroatoms. The van der Waals surface area contributed by atoms with Gasteiger partial charge in [-0.1, -0.05) is 6.42 Å². The molecule has 0 amide bonds. The topological polar surface area (TPSA) is 40.5 Å². The van der Waals surface area contributed by atoms with Crippen LogP contribution in [-0.2, 0) is 4.79 Å². The number of hydrogen-bond acceptors (Lipinski definition) is 2. The fourth-order valence-corrected chi connectivity index (χ4v) is 1.89. The molecule has 1 rings (SSSR count). The lowest BCUT2D eigenvalue weighted by Crippen LogP contribution is -2.42. The molecule has 0 radical (unpaired) electrons. The van der Waals surface area contributed by atoms with Crippen LogP contribution in [0.2, 0.25) is 0 Å². The Kier molecular flexibility index (Phi) is 4.00. The summed E-state index contributed by atoms with van der Waals surface area (Å²) in [6.07, 6.45) is 3.56. The van der Waals surface area contributed by atoms with Gasteiger partial charge in [-0.2, -0.15) is 0 Å². The summed E-state index contributed by atoms with van der Waals surface area (Å²) >= 11 is 5.67. The summed E-state index contributed by atoms with van der Waals surface area (Å²) in [6.45, 7) is 3.58. The summed E-state index contributed by atoms with van der Waals surface area (Å²) in [5.41, 5.74) is 0. The molecule has 0 bridgehead atoms. The summed E-state index contributed by atoms with van der Waals surface area (Å²) < 4.78 is 0. The minimum Gasteiger partial charge on any atom is -0.480 e. The maximum atomic E-state index is 10.5. The molecule has 1 saturated heterocycles. The van der Waals surface area contributed by atoms with Gasteiger partial charge >= 0.3 is 5.97 Å². The van der Waals surface area contributed by atoms with E-state index in [-0.39, 0.29) is 0 Å². The highest BCUT2D eigenvalue weighted by molar-refractivity contribution is 6.29. The van der Waals surface area contributed by atoms with Crippen molar-refractivity contribution in [2.24, 2.45) is 0 Å². The highest BCUT2D eigenvalue weighted by atomic mass is 35.5. The first-order valence-corrected chi connectivity index (χ1v) is 5.16. The number of carbonyl (C=O) groups is 1. The van der Waals surface area contributed by atoms with Crippen molar-refractivity contribution >= 4 is 17.6 Å². The van der Waals surface area contributed by atoms with Gasteiger partial charge in [0.1, 0.15) is 5.38 Å². The Labute approximate surface area is 83.7 Å². The van der Waals surface area contributed by atoms with Crippen LogP contribution in [0.5, 0.6) is 0 Å². The minimum absolute atomic E-state index is 0.470. The van der Waals surface area contributed by atoms with E-state index in [2.05, 4.69) is 11.8 Å². The zero-order chi connectivity index (χ0) is 9.84. The van der Waals surface area contributed by atoms with Crippen molar-refractivity contribution in [1.82, 2.24) is 4.90 Å². The van der Waals surface area contributed by atoms with Gasteiger partial charge in [-0.25, -0.2) is 0 Å². The third-order valence-corrected chi connectivity index (χ3v) is 2.93. The first-order chi connectivity index (χ1) is 6.11. The first-order valence-electron chi connectivity index (χ1n) is 4.72. The number of rotatable bonds is 3. The maximum Gasteiger partial charge on any atom is 0.322 e. The van der Waals surface area contributed by atoms with Crippen molar-refractivity contribution in [2.75, 3.05) is 13.1 Å². The molecule has 1 N–H and O–H groups in total. The third kappa shape index (κ3) is 3.16. The van der Waals surface area contributed by atoms with Crippen LogP contribution in [0, 0.1) is 0 Å². The van der Waals surface area contributed by atoms with Gasteiger partial charge in [-0.05, 0) is 26.3 Å². The monoisotopic (exact) mass is 205 g/mol. The number of halogens is 1. The van der Waals surface area contributed by atoms with Gasteiger partial charge in [-0.15, -0.1) is 11.6 Å². The molecule has 0 aromatic rings. The lowest BCUT2D eigenvalue weighted by Gasteiger charge is -2.33. The van der Waals surface area contributed by atoms with Crippen molar-refractivity contribution in [1.29, 1.82) is 0 Å². The van der Waals surface area contributed by atoms with Crippen molar-refractivity contribution in [3.8, 4) is 0 Å². The second-order valence-electron chi connectivity index (χ2n) is 3.65. The van der Waals surface area contributed by atoms with E-state index < -0.39 is 11.3 Å². The Morgan fingerprint density at radius 2 is 2.38 bits per heavy atom. The van der Waals surface area contributed by atoms with E-state index in [4.69, 9.17) is 16.7 Å². The van der Waals surface area contributed by atoms with Crippen LogP contribution in [0.3, 0.4) is 0 Å². The van der Waals surface area contributed by atoms with Crippen LogP contribution < -0.4 is 0 Å². The second-order valence-corrected chi connectivity index (χ2v) is 4.17. The van der Waals surface area contributed by atoms with E-state index >= 15 is 0 Å². The van der Waals surface area contributed by atoms with E-state index in [1.54, 1.807) is 0 Å². The Balaban J connectivity index is 2.37. The highest BCUT2D eigenvalue weighted by Crippen LogP contribution is 2.17. The fourth-order valence-electron chi connectivity index (χ4n) is 1.71. The first kappa shape index (κ1) is 10.8. The van der Waals surface area contributed by atoms with Gasteiger partial charge in [0.25, 0.3) is 0 Å². The van der Waals surface area contributed by atoms with E-state index in [1.807, 2.05) is 0 Å². The Bertz CT molecular complexity index is 186. The molecule has 3 nitrogen and oxygen atoms in total. The van der Waals surface area contributed by atoms with Crippen molar-refractivity contribution < 1.29 is 9.90 Å². The summed E-state index contributed by atoms with van der Waals surface area (Å²) in [5.74, 6) is -0.917. The van der Waals surface area contributed by atoms with E-state index in [1.165, 1.54) is 6.42 Å². The Morgan fingerprint density at radius 1 is 1.69 bits per heavy atom. The normalized spacial score (nSPS) is 27.1. The highest BCUT2D eigenvalue weighted by Gasteiger charge is 2.23. The molecule has 2 unspecified atom stereocenters. The third-order valence-electron chi connectivity index (χ3n) is 2.60. The lowest BCUT2D eigenvalue weighted by molar-refractivity contribution is -0.137. The minimum atomic E-state index is -0.917. The van der Waals surface area contributed by atoms with Gasteiger partial charge in [0.05, 0.1) is 0 Å². The molecule has 1 fully saturated rings. The lowest BCUT2D eigenvalue weighted by atomic mass is 10.0. The van der Waals surface area contributed by atoms with E-state index in [0.717, 1.165) is 19.4 Å². The molecule has 0 aromatic heterocycles. The predicted octanol–water partition coefficient (Wildman–Crippen LogP) is 1.55. The second kappa shape index (κ2) is 4.82. The van der Waals surface area contributed by atoms with Crippen LogP contribution in [-0.4, -0.2) is 40.5 Å². The summed E-state index contributed by atoms with van der Waals surface area (Å²) in [6, 6.07) is 0.481. The van der Waals surface area contributed by atoms with Crippen molar-refractivity contribution in [3.05, 3.63) is 0 Å². The van der Waals surface area contributed by atoms with Gasteiger partial charge in [0.15, 0.2) is 0 Å². The zero-order valence-electron chi connectivity index (χ0n) is 7.87. The van der Waals surface area contributed by atoms with E-state index in [0.29, 0.717) is 12.6 Å². The number of nitrogens with zero attached hydrogens (tertiary/aromatic N) is 1. The maximum absolute atomic E-state index is 10.5. The molecule has 13 heavy (non-hydrogen) atoms. The number of hydrogen-bond donors (Lipinski definition) is 1. The summed E-state index contributed by atoms with van der Waals surface area (Å²) in [5, 5.41) is 7.88. The van der Waals surface area contributed by atoms with E-state index in [9.17, 15) is 4.79 Å². The number of likely N-dealkylation sites (tertiary alicyclic amines) is 1. The fraction of sp³-hybridized carbons (Fsp3) is 0.889. The van der Waals surface area contributed by atoms with Gasteiger partial charge in [-0.3, -0.25) is 9.69 Å². The zero-order valence-corrected chi connectivity index (χ0v) is 8.63. The molecule has 76 valence electrons. The van der Waals surface area contributed by atoms with Gasteiger partial charge in [0.2, 0.25) is 0 Å². The molecule has 1 aliphatic rings. The molecule has 0 aliphatic carbocycles. The molecule has 2 atom stereocenters. The summed E-state index contributed by atoms with van der Waals surface area (Å²) in [4.78, 5) is 12.7. The number of carboxylic acid groups (broad SMARTS) is 1. The quantitative estimate of drug-likeness (QED) is 0.711. The van der Waals surface area contributed by atoms with Crippen LogP contribution in [0.4, 0.5) is 0 Å². The number of alkyl halides is 1. The average Bonchev–Trinajstić information content (AvgIpc) is 2.08. The molecule has 0 aromatic carbocycles. The number of piperidine rings is 1. The van der Waals surface area contributed by atoms with Crippen LogP contribution in [0.15, 0.2) is 0 Å². The largest absolute Gasteiger partial charge is 0.480 e. The SMILES string of the molecule is CC1CCCCN1CC(Cl)C(=O)O. The average molecular weight is 206 g/mol. The summed E-state index contributed by atoms with van der Waals surface area (Å²) in [7, 11) is 0. The Morgan fingerprint density at radius 3 is 2.92 bits per heavy atom. The van der Waals surface area contributed by atoms with Gasteiger partial charge < -0.3 is 5.11 Å². The Hall–Kier alpha value is -0.280. The van der Waals surface area contributed by atoms with Crippen LogP contribution in [0.25, 0.3) is 0 Å². The van der Waals surface area contributed by atoms with Crippen LogP contribution in [0.1, 0.15) is 26.2 Å². The molecule has 0 saturated carbocycles. The molecular formula is C9H16ClNO2. The number of aliphatic carboxylic acids is 1. The standard InChI is InChI=1S/C9H16ClNO2/c1-7-4-2-3-5-11(7)6-8(10)9(12)13/h7-8H,2-6H2,1H3,(H,12,13). The predicted molar refractivity (Wildman–Crippen MR) is 52.2 cm³/mol. The smallest absolute Gasteiger partial charge is 0.322 e. The molecule has 0 spiro atoms. The van der Waals surface area contributed by atoms with Crippen LogP contribution >= 0.6 is 11.6 Å². The molecule has 1 heterocycles.